The van der Waals surface area contributed by atoms with Gasteiger partial charge in [0.25, 0.3) is 5.91 Å². The van der Waals surface area contributed by atoms with Crippen LogP contribution in [-0.4, -0.2) is 23.6 Å². The zero-order chi connectivity index (χ0) is 14.3. The summed E-state index contributed by atoms with van der Waals surface area (Å²) in [6.07, 6.45) is 2.15. The minimum atomic E-state index is -0.822. The molecule has 0 saturated heterocycles. The van der Waals surface area contributed by atoms with Crippen LogP contribution in [-0.2, 0) is 4.79 Å². The molecule has 0 aromatic heterocycles. The van der Waals surface area contributed by atoms with Crippen molar-refractivity contribution in [3.63, 3.8) is 0 Å². The third-order valence-electron chi connectivity index (χ3n) is 2.51. The third-order valence-corrected chi connectivity index (χ3v) is 2.51. The molecule has 6 heteroatoms. The average Bonchev–Trinajstić information content (AvgIpc) is 2.32. The van der Waals surface area contributed by atoms with E-state index in [4.69, 9.17) is 15.6 Å². The number of primary amides is 1. The summed E-state index contributed by atoms with van der Waals surface area (Å²) in [6.45, 7) is 0.370. The number of ether oxygens (including phenoxy) is 1. The second-order valence-electron chi connectivity index (χ2n) is 4.06. The molecule has 5 nitrogen and oxygen atoms in total. The fourth-order valence-corrected chi connectivity index (χ4v) is 1.53. The lowest BCUT2D eigenvalue weighted by Crippen LogP contribution is -2.13. The van der Waals surface area contributed by atoms with E-state index in [1.807, 2.05) is 0 Å². The molecule has 0 aliphatic rings. The Labute approximate surface area is 110 Å². The lowest BCUT2D eigenvalue weighted by molar-refractivity contribution is -0.137. The van der Waals surface area contributed by atoms with Crippen LogP contribution in [0.1, 0.15) is 36.0 Å². The molecule has 0 atom stereocenters. The summed E-state index contributed by atoms with van der Waals surface area (Å²) >= 11 is 0. The van der Waals surface area contributed by atoms with Crippen molar-refractivity contribution in [2.24, 2.45) is 5.73 Å². The molecule has 0 aliphatic heterocycles. The monoisotopic (exact) mass is 269 g/mol. The zero-order valence-corrected chi connectivity index (χ0v) is 10.4. The maximum atomic E-state index is 13.4. The number of carbonyl (C=O) groups is 2. The minimum absolute atomic E-state index is 0.141. The van der Waals surface area contributed by atoms with Gasteiger partial charge in [-0.25, -0.2) is 4.39 Å². The topological polar surface area (TPSA) is 89.6 Å². The molecule has 104 valence electrons. The van der Waals surface area contributed by atoms with Crippen molar-refractivity contribution >= 4 is 11.9 Å². The number of carbonyl (C=O) groups excluding carboxylic acids is 1. The largest absolute Gasteiger partial charge is 0.493 e. The van der Waals surface area contributed by atoms with Gasteiger partial charge in [0.1, 0.15) is 11.6 Å². The van der Waals surface area contributed by atoms with E-state index in [2.05, 4.69) is 0 Å². The second-order valence-corrected chi connectivity index (χ2v) is 4.06. The van der Waals surface area contributed by atoms with Gasteiger partial charge < -0.3 is 15.6 Å². The van der Waals surface area contributed by atoms with Gasteiger partial charge in [0.05, 0.1) is 12.2 Å². The van der Waals surface area contributed by atoms with E-state index in [1.54, 1.807) is 0 Å². The van der Waals surface area contributed by atoms with Crippen LogP contribution in [0.25, 0.3) is 0 Å². The maximum absolute atomic E-state index is 13.4. The molecule has 0 spiro atoms. The Morgan fingerprint density at radius 3 is 2.58 bits per heavy atom. The number of nitrogens with two attached hydrogens (primary N) is 1. The molecule has 0 bridgehead atoms. The van der Waals surface area contributed by atoms with Crippen LogP contribution in [0.2, 0.25) is 0 Å². The number of hydrogen-bond acceptors (Lipinski definition) is 3. The number of unbranched alkanes of at least 4 members (excludes halogenated alkanes) is 2. The first kappa shape index (κ1) is 14.9. The average molecular weight is 269 g/mol. The standard InChI is InChI=1S/C13H16FNO4/c14-11-8-9(5-6-10(11)13(15)18)19-7-3-1-2-4-12(16)17/h5-6,8H,1-4,7H2,(H2,15,18)(H,16,17). The molecule has 1 amide bonds. The number of carboxylic acid groups (broad SMARTS) is 1. The van der Waals surface area contributed by atoms with Gasteiger partial charge in [-0.2, -0.15) is 0 Å². The Hall–Kier alpha value is -2.11. The third kappa shape index (κ3) is 5.37. The highest BCUT2D eigenvalue weighted by Gasteiger charge is 2.08. The summed E-state index contributed by atoms with van der Waals surface area (Å²) in [4.78, 5) is 21.1. The van der Waals surface area contributed by atoms with E-state index in [0.717, 1.165) is 12.5 Å². The number of aliphatic carboxylic acids is 1. The number of hydrogen-bond donors (Lipinski definition) is 2. The molecule has 0 aliphatic carbocycles. The van der Waals surface area contributed by atoms with Crippen molar-refractivity contribution in [3.8, 4) is 5.75 Å². The van der Waals surface area contributed by atoms with Gasteiger partial charge in [-0.3, -0.25) is 9.59 Å². The number of amides is 1. The van der Waals surface area contributed by atoms with Crippen LogP contribution >= 0.6 is 0 Å². The second kappa shape index (κ2) is 7.35. The SMILES string of the molecule is NC(=O)c1ccc(OCCCCCC(=O)O)cc1F. The molecular formula is C13H16FNO4. The number of rotatable bonds is 8. The molecule has 1 aromatic carbocycles. The Kier molecular flexibility index (Phi) is 5.78. The predicted octanol–water partition coefficient (Wildman–Crippen LogP) is 1.95. The summed E-state index contributed by atoms with van der Waals surface area (Å²) < 4.78 is 18.7. The van der Waals surface area contributed by atoms with E-state index in [9.17, 15) is 14.0 Å². The summed E-state index contributed by atoms with van der Waals surface area (Å²) in [5.41, 5.74) is 4.80. The molecule has 0 unspecified atom stereocenters. The molecule has 3 N–H and O–H groups in total. The lowest BCUT2D eigenvalue weighted by Gasteiger charge is -2.07. The quantitative estimate of drug-likeness (QED) is 0.706. The van der Waals surface area contributed by atoms with Gasteiger partial charge in [-0.15, -0.1) is 0 Å². The Morgan fingerprint density at radius 2 is 2.00 bits per heavy atom. The fourth-order valence-electron chi connectivity index (χ4n) is 1.53. The smallest absolute Gasteiger partial charge is 0.303 e. The van der Waals surface area contributed by atoms with Crippen LogP contribution in [0.3, 0.4) is 0 Å². The van der Waals surface area contributed by atoms with Crippen molar-refractivity contribution in [2.45, 2.75) is 25.7 Å². The first-order chi connectivity index (χ1) is 9.00. The van der Waals surface area contributed by atoms with E-state index in [1.165, 1.54) is 12.1 Å². The van der Waals surface area contributed by atoms with Crippen LogP contribution in [0.4, 0.5) is 4.39 Å². The number of halogens is 1. The van der Waals surface area contributed by atoms with Crippen LogP contribution in [0.5, 0.6) is 5.75 Å². The van der Waals surface area contributed by atoms with Gasteiger partial charge in [0.15, 0.2) is 0 Å². The molecule has 1 aromatic rings. The first-order valence-corrected chi connectivity index (χ1v) is 5.94. The Bertz CT molecular complexity index is 462. The Balaban J connectivity index is 2.32. The molecular weight excluding hydrogens is 253 g/mol. The summed E-state index contributed by atoms with van der Waals surface area (Å²) in [7, 11) is 0. The molecule has 0 radical (unpaired) electrons. The summed E-state index contributed by atoms with van der Waals surface area (Å²) in [5.74, 6) is -2.03. The normalized spacial score (nSPS) is 10.2. The van der Waals surface area contributed by atoms with Gasteiger partial charge >= 0.3 is 5.97 Å². The van der Waals surface area contributed by atoms with Gasteiger partial charge in [0, 0.05) is 12.5 Å². The van der Waals surface area contributed by atoms with Gasteiger partial charge in [0.2, 0.25) is 0 Å². The van der Waals surface area contributed by atoms with E-state index in [0.29, 0.717) is 25.2 Å². The van der Waals surface area contributed by atoms with Crippen LogP contribution < -0.4 is 10.5 Å². The van der Waals surface area contributed by atoms with Crippen molar-refractivity contribution in [3.05, 3.63) is 29.6 Å². The van der Waals surface area contributed by atoms with Crippen molar-refractivity contribution in [1.82, 2.24) is 0 Å². The lowest BCUT2D eigenvalue weighted by atomic mass is 10.2. The maximum Gasteiger partial charge on any atom is 0.303 e. The van der Waals surface area contributed by atoms with Crippen LogP contribution in [0, 0.1) is 5.82 Å². The van der Waals surface area contributed by atoms with Crippen molar-refractivity contribution < 1.29 is 23.8 Å². The highest BCUT2D eigenvalue weighted by atomic mass is 19.1. The van der Waals surface area contributed by atoms with E-state index >= 15 is 0 Å². The molecule has 19 heavy (non-hydrogen) atoms. The summed E-state index contributed by atoms with van der Waals surface area (Å²) in [5, 5.41) is 8.44. The summed E-state index contributed by atoms with van der Waals surface area (Å²) in [6, 6.07) is 3.86. The van der Waals surface area contributed by atoms with E-state index in [-0.39, 0.29) is 12.0 Å². The molecule has 0 heterocycles. The van der Waals surface area contributed by atoms with Crippen LogP contribution in [0.15, 0.2) is 18.2 Å². The van der Waals surface area contributed by atoms with Crippen molar-refractivity contribution in [2.75, 3.05) is 6.61 Å². The number of carboxylic acids is 1. The zero-order valence-electron chi connectivity index (χ0n) is 10.4. The van der Waals surface area contributed by atoms with Gasteiger partial charge in [-0.05, 0) is 31.4 Å². The minimum Gasteiger partial charge on any atom is -0.493 e. The Morgan fingerprint density at radius 1 is 1.26 bits per heavy atom. The highest BCUT2D eigenvalue weighted by molar-refractivity contribution is 5.93. The fraction of sp³-hybridized carbons (Fsp3) is 0.385. The molecule has 0 saturated carbocycles. The van der Waals surface area contributed by atoms with Crippen molar-refractivity contribution in [1.29, 1.82) is 0 Å². The number of benzene rings is 1. The molecule has 1 rings (SSSR count). The first-order valence-electron chi connectivity index (χ1n) is 5.94. The predicted molar refractivity (Wildman–Crippen MR) is 66.5 cm³/mol. The van der Waals surface area contributed by atoms with E-state index < -0.39 is 17.7 Å². The van der Waals surface area contributed by atoms with Gasteiger partial charge in [-0.1, -0.05) is 0 Å². The molecule has 0 fully saturated rings. The highest BCUT2D eigenvalue weighted by Crippen LogP contribution is 2.16.